The van der Waals surface area contributed by atoms with Gasteiger partial charge in [0.25, 0.3) is 0 Å². The van der Waals surface area contributed by atoms with E-state index in [-0.39, 0.29) is 0 Å². The Labute approximate surface area is 149 Å². The summed E-state index contributed by atoms with van der Waals surface area (Å²) in [6.07, 6.45) is 3.02. The number of rotatable bonds is 5. The van der Waals surface area contributed by atoms with E-state index in [2.05, 4.69) is 61.5 Å². The minimum absolute atomic E-state index is 0.813. The van der Waals surface area contributed by atoms with Crippen LogP contribution in [0.2, 0.25) is 0 Å². The smallest absolute Gasteiger partial charge is 0.128 e. The lowest BCUT2D eigenvalue weighted by molar-refractivity contribution is 0.255. The molecule has 0 amide bonds. The van der Waals surface area contributed by atoms with Gasteiger partial charge < -0.3 is 10.2 Å². The molecule has 0 spiro atoms. The van der Waals surface area contributed by atoms with Gasteiger partial charge in [-0.05, 0) is 30.7 Å². The lowest BCUT2D eigenvalue weighted by Crippen LogP contribution is -2.47. The van der Waals surface area contributed by atoms with Crippen LogP contribution in [-0.2, 0) is 6.54 Å². The Hall–Kier alpha value is -2.40. The van der Waals surface area contributed by atoms with Crippen molar-refractivity contribution < 1.29 is 0 Å². The molecule has 5 heteroatoms. The van der Waals surface area contributed by atoms with E-state index in [0.29, 0.717) is 0 Å². The summed E-state index contributed by atoms with van der Waals surface area (Å²) in [7, 11) is 0. The topological polar surface area (TPSA) is 43.8 Å². The number of benzene rings is 1. The molecule has 25 heavy (non-hydrogen) atoms. The number of nitrogens with zero attached hydrogens (tertiary/aromatic N) is 4. The molecule has 0 bridgehead atoms. The Bertz CT molecular complexity index is 720. The fourth-order valence-corrected chi connectivity index (χ4v) is 3.54. The Kier molecular flexibility index (Phi) is 4.93. The van der Waals surface area contributed by atoms with Crippen molar-refractivity contribution in [2.24, 2.45) is 4.99 Å². The summed E-state index contributed by atoms with van der Waals surface area (Å²) in [6, 6.07) is 14.6. The van der Waals surface area contributed by atoms with Crippen LogP contribution in [0.15, 0.2) is 53.7 Å². The highest BCUT2D eigenvalue weighted by Gasteiger charge is 2.18. The van der Waals surface area contributed by atoms with Gasteiger partial charge in [0.05, 0.1) is 6.54 Å². The van der Waals surface area contributed by atoms with Gasteiger partial charge in [-0.1, -0.05) is 30.3 Å². The van der Waals surface area contributed by atoms with Crippen LogP contribution < -0.4 is 10.2 Å². The Morgan fingerprint density at radius 3 is 2.64 bits per heavy atom. The molecule has 1 N–H and O–H groups in total. The highest BCUT2D eigenvalue weighted by atomic mass is 15.3. The van der Waals surface area contributed by atoms with Gasteiger partial charge in [0, 0.05) is 44.5 Å². The molecule has 2 aliphatic rings. The van der Waals surface area contributed by atoms with Crippen molar-refractivity contribution in [3.63, 3.8) is 0 Å². The van der Waals surface area contributed by atoms with E-state index in [1.165, 1.54) is 11.1 Å². The monoisotopic (exact) mass is 335 g/mol. The number of aromatic nitrogens is 1. The number of anilines is 1. The van der Waals surface area contributed by atoms with E-state index >= 15 is 0 Å². The van der Waals surface area contributed by atoms with E-state index in [1.54, 1.807) is 0 Å². The van der Waals surface area contributed by atoms with Gasteiger partial charge in [-0.2, -0.15) is 0 Å². The molecule has 0 unspecified atom stereocenters. The van der Waals surface area contributed by atoms with Crippen molar-refractivity contribution in [2.75, 3.05) is 44.2 Å². The summed E-state index contributed by atoms with van der Waals surface area (Å²) in [5.74, 6) is 2.16. The molecule has 1 aromatic carbocycles. The first-order chi connectivity index (χ1) is 12.4. The molecule has 1 fully saturated rings. The second-order valence-corrected chi connectivity index (χ2v) is 6.62. The normalized spacial score (nSPS) is 17.3. The van der Waals surface area contributed by atoms with E-state index in [9.17, 15) is 0 Å². The van der Waals surface area contributed by atoms with Gasteiger partial charge in [0.15, 0.2) is 0 Å². The summed E-state index contributed by atoms with van der Waals surface area (Å²) < 4.78 is 0. The fourth-order valence-electron chi connectivity index (χ4n) is 3.54. The quantitative estimate of drug-likeness (QED) is 0.851. The van der Waals surface area contributed by atoms with Gasteiger partial charge in [0.2, 0.25) is 0 Å². The molecule has 2 aromatic rings. The number of hydrogen-bond acceptors (Lipinski definition) is 5. The molecule has 5 nitrogen and oxygen atoms in total. The second kappa shape index (κ2) is 7.66. The van der Waals surface area contributed by atoms with Crippen molar-refractivity contribution in [1.29, 1.82) is 0 Å². The summed E-state index contributed by atoms with van der Waals surface area (Å²) >= 11 is 0. The molecule has 2 aliphatic heterocycles. The molecule has 0 radical (unpaired) electrons. The number of nitrogens with one attached hydrogen (secondary N) is 1. The Morgan fingerprint density at radius 2 is 1.80 bits per heavy atom. The second-order valence-electron chi connectivity index (χ2n) is 6.62. The maximum absolute atomic E-state index is 4.61. The van der Waals surface area contributed by atoms with Crippen molar-refractivity contribution in [3.8, 4) is 0 Å². The molecular formula is C20H25N5. The third-order valence-corrected chi connectivity index (χ3v) is 4.97. The number of piperazine rings is 1. The van der Waals surface area contributed by atoms with Crippen LogP contribution in [0, 0.1) is 0 Å². The average molecular weight is 335 g/mol. The molecule has 4 rings (SSSR count). The third-order valence-electron chi connectivity index (χ3n) is 4.97. The molecule has 3 heterocycles. The molecule has 1 saturated heterocycles. The van der Waals surface area contributed by atoms with Crippen LogP contribution in [0.25, 0.3) is 0 Å². The Morgan fingerprint density at radius 1 is 0.960 bits per heavy atom. The van der Waals surface area contributed by atoms with Crippen LogP contribution in [0.3, 0.4) is 0 Å². The first-order valence-corrected chi connectivity index (χ1v) is 9.15. The standard InChI is InChI=1S/C20H25N5/c1-2-7-18-17(6-1)16-23-20(18)22-10-5-11-24-12-14-25(15-13-24)19-8-3-4-9-21-19/h1-4,6-9H,5,10-16H2,(H,22,23). The van der Waals surface area contributed by atoms with E-state index in [0.717, 1.165) is 63.9 Å². The third kappa shape index (κ3) is 3.82. The average Bonchev–Trinajstić information content (AvgIpc) is 3.10. The molecule has 0 saturated carbocycles. The van der Waals surface area contributed by atoms with Crippen molar-refractivity contribution in [3.05, 3.63) is 59.8 Å². The van der Waals surface area contributed by atoms with Gasteiger partial charge in [-0.15, -0.1) is 0 Å². The summed E-state index contributed by atoms with van der Waals surface area (Å²) in [6.45, 7) is 7.27. The van der Waals surface area contributed by atoms with Gasteiger partial charge in [-0.3, -0.25) is 9.89 Å². The summed E-state index contributed by atoms with van der Waals surface area (Å²) in [5.41, 5.74) is 2.60. The van der Waals surface area contributed by atoms with Gasteiger partial charge >= 0.3 is 0 Å². The molecule has 1 aromatic heterocycles. The van der Waals surface area contributed by atoms with Crippen LogP contribution in [0.4, 0.5) is 5.82 Å². The minimum atomic E-state index is 0.813. The van der Waals surface area contributed by atoms with Crippen molar-refractivity contribution >= 4 is 11.7 Å². The molecule has 0 atom stereocenters. The fraction of sp³-hybridized carbons (Fsp3) is 0.400. The summed E-state index contributed by atoms with van der Waals surface area (Å²) in [5, 5.41) is 3.51. The summed E-state index contributed by atoms with van der Waals surface area (Å²) in [4.78, 5) is 14.0. The predicted molar refractivity (Wildman–Crippen MR) is 102 cm³/mol. The molecule has 0 aliphatic carbocycles. The minimum Gasteiger partial charge on any atom is -0.370 e. The number of hydrogen-bond donors (Lipinski definition) is 1. The van der Waals surface area contributed by atoms with Gasteiger partial charge in [-0.25, -0.2) is 4.98 Å². The number of pyridine rings is 1. The largest absolute Gasteiger partial charge is 0.370 e. The van der Waals surface area contributed by atoms with Gasteiger partial charge in [0.1, 0.15) is 11.7 Å². The van der Waals surface area contributed by atoms with Crippen molar-refractivity contribution in [1.82, 2.24) is 15.2 Å². The Balaban J connectivity index is 1.17. The highest BCUT2D eigenvalue weighted by Crippen LogP contribution is 2.17. The molecular weight excluding hydrogens is 310 g/mol. The SMILES string of the molecule is c1ccc(N2CCN(CCCNC3=NCc4ccccc43)CC2)nc1. The van der Waals surface area contributed by atoms with Crippen molar-refractivity contribution in [2.45, 2.75) is 13.0 Å². The van der Waals surface area contributed by atoms with E-state index < -0.39 is 0 Å². The van der Waals surface area contributed by atoms with E-state index in [4.69, 9.17) is 0 Å². The van der Waals surface area contributed by atoms with E-state index in [1.807, 2.05) is 12.3 Å². The van der Waals surface area contributed by atoms with Crippen LogP contribution >= 0.6 is 0 Å². The van der Waals surface area contributed by atoms with Crippen LogP contribution in [0.5, 0.6) is 0 Å². The lowest BCUT2D eigenvalue weighted by atomic mass is 10.1. The van der Waals surface area contributed by atoms with Crippen LogP contribution in [0.1, 0.15) is 17.5 Å². The zero-order valence-electron chi connectivity index (χ0n) is 14.6. The first-order valence-electron chi connectivity index (χ1n) is 9.15. The molecule has 130 valence electrons. The maximum atomic E-state index is 4.61. The van der Waals surface area contributed by atoms with Crippen LogP contribution in [-0.4, -0.2) is 55.0 Å². The number of fused-ring (bicyclic) bond motifs is 1. The zero-order valence-corrected chi connectivity index (χ0v) is 14.6. The highest BCUT2D eigenvalue weighted by molar-refractivity contribution is 6.01. The maximum Gasteiger partial charge on any atom is 0.128 e. The lowest BCUT2D eigenvalue weighted by Gasteiger charge is -2.35. The zero-order chi connectivity index (χ0) is 16.9. The number of aliphatic imine (C=N–C) groups is 1. The first kappa shape index (κ1) is 16.1. The predicted octanol–water partition coefficient (Wildman–Crippen LogP) is 2.14. The number of amidine groups is 1.